The molecule has 3 aromatic rings. The van der Waals surface area contributed by atoms with E-state index in [9.17, 15) is 14.0 Å². The quantitative estimate of drug-likeness (QED) is 0.656. The highest BCUT2D eigenvalue weighted by Gasteiger charge is 2.11. The van der Waals surface area contributed by atoms with Gasteiger partial charge in [-0.1, -0.05) is 18.2 Å². The van der Waals surface area contributed by atoms with Crippen molar-refractivity contribution in [1.82, 2.24) is 5.32 Å². The number of rotatable bonds is 6. The molecule has 3 aromatic carbocycles. The van der Waals surface area contributed by atoms with Crippen LogP contribution in [0, 0.1) is 12.7 Å². The summed E-state index contributed by atoms with van der Waals surface area (Å²) in [6.07, 6.45) is 0. The summed E-state index contributed by atoms with van der Waals surface area (Å²) in [7, 11) is 1.57. The number of aryl methyl sites for hydroxylation is 1. The van der Waals surface area contributed by atoms with E-state index >= 15 is 0 Å². The first-order valence-corrected chi connectivity index (χ1v) is 9.07. The fraction of sp³-hybridized carbons (Fsp3) is 0.130. The Kier molecular flexibility index (Phi) is 6.24. The van der Waals surface area contributed by atoms with Crippen molar-refractivity contribution in [3.63, 3.8) is 0 Å². The molecular formula is C23H21FN2O3. The number of hydrogen-bond acceptors (Lipinski definition) is 3. The van der Waals surface area contributed by atoms with E-state index in [0.29, 0.717) is 22.6 Å². The summed E-state index contributed by atoms with van der Waals surface area (Å²) in [6.45, 7) is 2.09. The lowest BCUT2D eigenvalue weighted by Gasteiger charge is -2.11. The largest absolute Gasteiger partial charge is 0.489 e. The average molecular weight is 392 g/mol. The zero-order chi connectivity index (χ0) is 20.8. The van der Waals surface area contributed by atoms with E-state index in [2.05, 4.69) is 10.6 Å². The maximum absolute atomic E-state index is 13.0. The monoisotopic (exact) mass is 392 g/mol. The highest BCUT2D eigenvalue weighted by molar-refractivity contribution is 6.05. The van der Waals surface area contributed by atoms with Gasteiger partial charge in [-0.05, 0) is 66.6 Å². The van der Waals surface area contributed by atoms with Crippen LogP contribution >= 0.6 is 0 Å². The molecule has 0 aliphatic rings. The smallest absolute Gasteiger partial charge is 0.255 e. The second-order valence-corrected chi connectivity index (χ2v) is 6.51. The van der Waals surface area contributed by atoms with Gasteiger partial charge in [0.05, 0.1) is 0 Å². The standard InChI is InChI=1S/C23H21FN2O3/c1-15-12-18(22(27)25-2)8-11-21(15)26-23(28)17-4-3-5-20(13-17)29-14-16-6-9-19(24)10-7-16/h3-13H,14H2,1-2H3,(H,25,27)(H,26,28). The van der Waals surface area contributed by atoms with Gasteiger partial charge in [0, 0.05) is 23.9 Å². The lowest BCUT2D eigenvalue weighted by Crippen LogP contribution is -2.18. The number of anilines is 1. The molecule has 0 bridgehead atoms. The first kappa shape index (κ1) is 20.1. The molecule has 6 heteroatoms. The van der Waals surface area contributed by atoms with Crippen LogP contribution in [0.5, 0.6) is 5.75 Å². The van der Waals surface area contributed by atoms with E-state index in [1.807, 2.05) is 6.92 Å². The molecule has 5 nitrogen and oxygen atoms in total. The van der Waals surface area contributed by atoms with Crippen molar-refractivity contribution in [2.75, 3.05) is 12.4 Å². The van der Waals surface area contributed by atoms with E-state index in [0.717, 1.165) is 11.1 Å². The van der Waals surface area contributed by atoms with Crippen molar-refractivity contribution in [3.8, 4) is 5.75 Å². The van der Waals surface area contributed by atoms with Gasteiger partial charge >= 0.3 is 0 Å². The van der Waals surface area contributed by atoms with Crippen LogP contribution in [0.4, 0.5) is 10.1 Å². The molecule has 0 unspecified atom stereocenters. The first-order chi connectivity index (χ1) is 14.0. The Bertz CT molecular complexity index is 1030. The second kappa shape index (κ2) is 9.01. The fourth-order valence-electron chi connectivity index (χ4n) is 2.76. The van der Waals surface area contributed by atoms with Crippen LogP contribution < -0.4 is 15.4 Å². The number of ether oxygens (including phenoxy) is 1. The van der Waals surface area contributed by atoms with Crippen LogP contribution in [0.25, 0.3) is 0 Å². The van der Waals surface area contributed by atoms with Crippen LogP contribution in [0.2, 0.25) is 0 Å². The molecule has 2 amide bonds. The summed E-state index contributed by atoms with van der Waals surface area (Å²) in [5.41, 5.74) is 3.20. The number of benzene rings is 3. The van der Waals surface area contributed by atoms with Crippen LogP contribution in [0.1, 0.15) is 31.8 Å². The molecule has 29 heavy (non-hydrogen) atoms. The van der Waals surface area contributed by atoms with Crippen LogP contribution in [-0.4, -0.2) is 18.9 Å². The zero-order valence-electron chi connectivity index (χ0n) is 16.2. The van der Waals surface area contributed by atoms with E-state index in [1.165, 1.54) is 12.1 Å². The summed E-state index contributed by atoms with van der Waals surface area (Å²) in [5.74, 6) is -0.232. The van der Waals surface area contributed by atoms with Gasteiger partial charge in [0.2, 0.25) is 0 Å². The molecule has 148 valence electrons. The molecule has 0 heterocycles. The van der Waals surface area contributed by atoms with Crippen molar-refractivity contribution in [2.45, 2.75) is 13.5 Å². The van der Waals surface area contributed by atoms with Gasteiger partial charge in [0.25, 0.3) is 11.8 Å². The number of carbonyl (C=O) groups excluding carboxylic acids is 2. The van der Waals surface area contributed by atoms with Gasteiger partial charge in [-0.15, -0.1) is 0 Å². The maximum atomic E-state index is 13.0. The summed E-state index contributed by atoms with van der Waals surface area (Å²) >= 11 is 0. The molecule has 0 atom stereocenters. The summed E-state index contributed by atoms with van der Waals surface area (Å²) < 4.78 is 18.7. The Labute approximate surface area is 168 Å². The minimum atomic E-state index is -0.300. The third-order valence-electron chi connectivity index (χ3n) is 4.38. The highest BCUT2D eigenvalue weighted by atomic mass is 19.1. The van der Waals surface area contributed by atoms with Crippen LogP contribution in [-0.2, 0) is 6.61 Å². The summed E-state index contributed by atoms with van der Waals surface area (Å²) in [6, 6.07) is 17.9. The summed E-state index contributed by atoms with van der Waals surface area (Å²) in [5, 5.41) is 5.42. The van der Waals surface area contributed by atoms with Crippen LogP contribution in [0.3, 0.4) is 0 Å². The van der Waals surface area contributed by atoms with Crippen molar-refractivity contribution in [3.05, 3.63) is 94.8 Å². The molecule has 0 saturated carbocycles. The molecule has 3 rings (SSSR count). The number of halogens is 1. The molecule has 0 aliphatic heterocycles. The molecule has 0 aromatic heterocycles. The number of nitrogens with one attached hydrogen (secondary N) is 2. The Morgan fingerprint density at radius 1 is 0.931 bits per heavy atom. The van der Waals surface area contributed by atoms with Crippen molar-refractivity contribution >= 4 is 17.5 Å². The first-order valence-electron chi connectivity index (χ1n) is 9.07. The van der Waals surface area contributed by atoms with Gasteiger partial charge in [-0.2, -0.15) is 0 Å². The maximum Gasteiger partial charge on any atom is 0.255 e. The zero-order valence-corrected chi connectivity index (χ0v) is 16.2. The predicted molar refractivity (Wildman–Crippen MR) is 110 cm³/mol. The van der Waals surface area contributed by atoms with Gasteiger partial charge in [-0.3, -0.25) is 9.59 Å². The number of amides is 2. The van der Waals surface area contributed by atoms with Gasteiger partial charge in [0.15, 0.2) is 0 Å². The third-order valence-corrected chi connectivity index (χ3v) is 4.38. The topological polar surface area (TPSA) is 67.4 Å². The predicted octanol–water partition coefficient (Wildman–Crippen LogP) is 4.33. The fourth-order valence-corrected chi connectivity index (χ4v) is 2.76. The second-order valence-electron chi connectivity index (χ2n) is 6.51. The van der Waals surface area contributed by atoms with E-state index in [1.54, 1.807) is 61.6 Å². The minimum absolute atomic E-state index is 0.183. The molecular weight excluding hydrogens is 371 g/mol. The third kappa shape index (κ3) is 5.19. The minimum Gasteiger partial charge on any atom is -0.489 e. The Balaban J connectivity index is 1.67. The average Bonchev–Trinajstić information content (AvgIpc) is 2.74. The van der Waals surface area contributed by atoms with Crippen LogP contribution in [0.15, 0.2) is 66.7 Å². The van der Waals surface area contributed by atoms with Gasteiger partial charge in [0.1, 0.15) is 18.2 Å². The molecule has 0 spiro atoms. The summed E-state index contributed by atoms with van der Waals surface area (Å²) in [4.78, 5) is 24.3. The number of carbonyl (C=O) groups is 2. The Hall–Kier alpha value is -3.67. The molecule has 0 saturated heterocycles. The Morgan fingerprint density at radius 3 is 2.34 bits per heavy atom. The van der Waals surface area contributed by atoms with Crippen molar-refractivity contribution < 1.29 is 18.7 Å². The van der Waals surface area contributed by atoms with E-state index < -0.39 is 0 Å². The molecule has 2 N–H and O–H groups in total. The molecule has 0 radical (unpaired) electrons. The lowest BCUT2D eigenvalue weighted by molar-refractivity contribution is 0.0962. The van der Waals surface area contributed by atoms with Gasteiger partial charge in [-0.25, -0.2) is 4.39 Å². The van der Waals surface area contributed by atoms with E-state index in [-0.39, 0.29) is 24.2 Å². The van der Waals surface area contributed by atoms with Gasteiger partial charge < -0.3 is 15.4 Å². The van der Waals surface area contributed by atoms with E-state index in [4.69, 9.17) is 4.74 Å². The number of hydrogen-bond donors (Lipinski definition) is 2. The lowest BCUT2D eigenvalue weighted by atomic mass is 10.1. The molecule has 0 aliphatic carbocycles. The highest BCUT2D eigenvalue weighted by Crippen LogP contribution is 2.20. The SMILES string of the molecule is CNC(=O)c1ccc(NC(=O)c2cccc(OCc3ccc(F)cc3)c2)c(C)c1. The van der Waals surface area contributed by atoms with Crippen molar-refractivity contribution in [1.29, 1.82) is 0 Å². The normalized spacial score (nSPS) is 10.3. The molecule has 0 fully saturated rings. The van der Waals surface area contributed by atoms with Crippen molar-refractivity contribution in [2.24, 2.45) is 0 Å². The Morgan fingerprint density at radius 2 is 1.66 bits per heavy atom.